The van der Waals surface area contributed by atoms with Crippen molar-refractivity contribution >= 4 is 23.2 Å². The maximum atomic E-state index is 9.19. The first-order chi connectivity index (χ1) is 5.04. The first-order valence-corrected chi connectivity index (χ1v) is 3.93. The van der Waals surface area contributed by atoms with Crippen LogP contribution >= 0.6 is 23.2 Å². The summed E-state index contributed by atoms with van der Waals surface area (Å²) >= 11 is 11.5. The highest BCUT2D eigenvalue weighted by Crippen LogP contribution is 2.35. The maximum Gasteiger partial charge on any atom is 0.135 e. The zero-order valence-corrected chi connectivity index (χ0v) is 7.79. The number of hydrogen-bond acceptors (Lipinski definition) is 1. The number of phenols is 1. The molecule has 1 aromatic rings. The molecule has 1 rings (SSSR count). The summed E-state index contributed by atoms with van der Waals surface area (Å²) in [4.78, 5) is 0. The van der Waals surface area contributed by atoms with Gasteiger partial charge in [0.25, 0.3) is 0 Å². The second kappa shape index (κ2) is 2.92. The van der Waals surface area contributed by atoms with Crippen molar-refractivity contribution in [1.82, 2.24) is 0 Å². The number of benzene rings is 1. The third kappa shape index (κ3) is 1.44. The highest BCUT2D eigenvalue weighted by molar-refractivity contribution is 6.43. The first-order valence-electron chi connectivity index (χ1n) is 3.18. The lowest BCUT2D eigenvalue weighted by molar-refractivity contribution is 0.475. The Balaban J connectivity index is 3.46. The van der Waals surface area contributed by atoms with Gasteiger partial charge in [-0.05, 0) is 31.0 Å². The summed E-state index contributed by atoms with van der Waals surface area (Å²) in [6.07, 6.45) is 0. The molecule has 1 aromatic carbocycles. The Labute approximate surface area is 75.6 Å². The standard InChI is InChI=1S/C8H8Cl2O/c1-4-3-6(11)8(10)7(9)5(4)2/h3,11H,1-2H3. The lowest BCUT2D eigenvalue weighted by Crippen LogP contribution is -1.83. The lowest BCUT2D eigenvalue weighted by atomic mass is 10.1. The smallest absolute Gasteiger partial charge is 0.135 e. The number of hydrogen-bond donors (Lipinski definition) is 1. The van der Waals surface area contributed by atoms with Gasteiger partial charge >= 0.3 is 0 Å². The Morgan fingerprint density at radius 2 is 1.73 bits per heavy atom. The molecule has 0 unspecified atom stereocenters. The zero-order chi connectivity index (χ0) is 8.59. The molecular formula is C8H8Cl2O. The molecule has 0 saturated heterocycles. The molecule has 0 fully saturated rings. The fourth-order valence-corrected chi connectivity index (χ4v) is 1.27. The third-order valence-corrected chi connectivity index (χ3v) is 2.64. The van der Waals surface area contributed by atoms with Crippen molar-refractivity contribution in [2.75, 3.05) is 0 Å². The number of aryl methyl sites for hydroxylation is 1. The van der Waals surface area contributed by atoms with Crippen molar-refractivity contribution < 1.29 is 5.11 Å². The molecule has 0 saturated carbocycles. The summed E-state index contributed by atoms with van der Waals surface area (Å²) in [6, 6.07) is 1.60. The average molecular weight is 191 g/mol. The van der Waals surface area contributed by atoms with Crippen molar-refractivity contribution in [3.63, 3.8) is 0 Å². The van der Waals surface area contributed by atoms with E-state index in [-0.39, 0.29) is 10.8 Å². The molecule has 0 radical (unpaired) electrons. The molecule has 0 bridgehead atoms. The van der Waals surface area contributed by atoms with Crippen LogP contribution in [0.5, 0.6) is 5.75 Å². The van der Waals surface area contributed by atoms with E-state index in [0.29, 0.717) is 5.02 Å². The molecule has 60 valence electrons. The number of aromatic hydroxyl groups is 1. The predicted molar refractivity (Wildman–Crippen MR) is 47.6 cm³/mol. The lowest BCUT2D eigenvalue weighted by Gasteiger charge is -2.05. The van der Waals surface area contributed by atoms with Crippen LogP contribution < -0.4 is 0 Å². The van der Waals surface area contributed by atoms with Crippen molar-refractivity contribution in [3.8, 4) is 5.75 Å². The van der Waals surface area contributed by atoms with E-state index in [1.165, 1.54) is 0 Å². The van der Waals surface area contributed by atoms with Gasteiger partial charge in [0, 0.05) is 0 Å². The molecule has 3 heteroatoms. The molecule has 0 atom stereocenters. The predicted octanol–water partition coefficient (Wildman–Crippen LogP) is 3.32. The minimum absolute atomic E-state index is 0.0415. The zero-order valence-electron chi connectivity index (χ0n) is 6.28. The normalized spacial score (nSPS) is 10.2. The van der Waals surface area contributed by atoms with Crippen LogP contribution in [0.25, 0.3) is 0 Å². The Morgan fingerprint density at radius 1 is 1.18 bits per heavy atom. The van der Waals surface area contributed by atoms with Crippen molar-refractivity contribution in [3.05, 3.63) is 27.2 Å². The summed E-state index contributed by atoms with van der Waals surface area (Å²) in [5, 5.41) is 9.85. The van der Waals surface area contributed by atoms with Gasteiger partial charge in [0.1, 0.15) is 10.8 Å². The maximum absolute atomic E-state index is 9.19. The van der Waals surface area contributed by atoms with E-state index in [9.17, 15) is 5.11 Å². The molecule has 0 heterocycles. The van der Waals surface area contributed by atoms with Gasteiger partial charge in [0.15, 0.2) is 0 Å². The minimum atomic E-state index is 0.0415. The van der Waals surface area contributed by atoms with Crippen LogP contribution in [0.1, 0.15) is 11.1 Å². The number of phenolic OH excluding ortho intramolecular Hbond substituents is 1. The molecule has 0 aliphatic carbocycles. The van der Waals surface area contributed by atoms with E-state index >= 15 is 0 Å². The van der Waals surface area contributed by atoms with Gasteiger partial charge in [0.05, 0.1) is 5.02 Å². The molecule has 0 amide bonds. The second-order valence-electron chi connectivity index (χ2n) is 2.47. The Bertz CT molecular complexity index is 268. The molecule has 1 nitrogen and oxygen atoms in total. The number of halogens is 2. The summed E-state index contributed by atoms with van der Waals surface area (Å²) in [6.45, 7) is 3.74. The monoisotopic (exact) mass is 190 g/mol. The van der Waals surface area contributed by atoms with Gasteiger partial charge in [-0.2, -0.15) is 0 Å². The van der Waals surface area contributed by atoms with Crippen LogP contribution in [0.2, 0.25) is 10.0 Å². The van der Waals surface area contributed by atoms with Gasteiger partial charge < -0.3 is 5.11 Å². The molecule has 0 aliphatic heterocycles. The van der Waals surface area contributed by atoms with Crippen LogP contribution in [0, 0.1) is 13.8 Å². The highest BCUT2D eigenvalue weighted by Gasteiger charge is 2.08. The molecule has 0 spiro atoms. The van der Waals surface area contributed by atoms with E-state index in [1.54, 1.807) is 6.07 Å². The number of rotatable bonds is 0. The van der Waals surface area contributed by atoms with Gasteiger partial charge in [-0.15, -0.1) is 0 Å². The fraction of sp³-hybridized carbons (Fsp3) is 0.250. The van der Waals surface area contributed by atoms with Crippen molar-refractivity contribution in [1.29, 1.82) is 0 Å². The molecule has 1 N–H and O–H groups in total. The third-order valence-electron chi connectivity index (χ3n) is 1.69. The van der Waals surface area contributed by atoms with E-state index in [0.717, 1.165) is 11.1 Å². The fourth-order valence-electron chi connectivity index (χ4n) is 0.827. The van der Waals surface area contributed by atoms with E-state index < -0.39 is 0 Å². The second-order valence-corrected chi connectivity index (χ2v) is 3.22. The topological polar surface area (TPSA) is 20.2 Å². The first kappa shape index (κ1) is 8.69. The molecular weight excluding hydrogens is 183 g/mol. The largest absolute Gasteiger partial charge is 0.506 e. The van der Waals surface area contributed by atoms with Crippen molar-refractivity contribution in [2.24, 2.45) is 0 Å². The average Bonchev–Trinajstić information content (AvgIpc) is 1.97. The Kier molecular flexibility index (Phi) is 2.31. The summed E-state index contributed by atoms with van der Waals surface area (Å²) < 4.78 is 0. The van der Waals surface area contributed by atoms with E-state index in [2.05, 4.69) is 0 Å². The van der Waals surface area contributed by atoms with Crippen LogP contribution in [0.15, 0.2) is 6.07 Å². The van der Waals surface area contributed by atoms with Gasteiger partial charge in [0.2, 0.25) is 0 Å². The Hall–Kier alpha value is -0.400. The quantitative estimate of drug-likeness (QED) is 0.666. The van der Waals surface area contributed by atoms with E-state index in [1.807, 2.05) is 13.8 Å². The van der Waals surface area contributed by atoms with Gasteiger partial charge in [-0.25, -0.2) is 0 Å². The SMILES string of the molecule is Cc1cc(O)c(Cl)c(Cl)c1C. The van der Waals surface area contributed by atoms with Gasteiger partial charge in [-0.1, -0.05) is 23.2 Å². The van der Waals surface area contributed by atoms with Gasteiger partial charge in [-0.3, -0.25) is 0 Å². The summed E-state index contributed by atoms with van der Waals surface area (Å²) in [7, 11) is 0. The minimum Gasteiger partial charge on any atom is -0.506 e. The van der Waals surface area contributed by atoms with E-state index in [4.69, 9.17) is 23.2 Å². The summed E-state index contributed by atoms with van der Waals surface area (Å²) in [5.41, 5.74) is 1.85. The van der Waals surface area contributed by atoms with Crippen LogP contribution in [-0.4, -0.2) is 5.11 Å². The molecule has 0 aromatic heterocycles. The summed E-state index contributed by atoms with van der Waals surface area (Å²) in [5.74, 6) is 0.0415. The van der Waals surface area contributed by atoms with Crippen LogP contribution in [0.4, 0.5) is 0 Å². The molecule has 0 aliphatic rings. The highest BCUT2D eigenvalue weighted by atomic mass is 35.5. The molecule has 11 heavy (non-hydrogen) atoms. The van der Waals surface area contributed by atoms with Crippen molar-refractivity contribution in [2.45, 2.75) is 13.8 Å². The van der Waals surface area contributed by atoms with Crippen LogP contribution in [0.3, 0.4) is 0 Å². The Morgan fingerprint density at radius 3 is 2.27 bits per heavy atom. The van der Waals surface area contributed by atoms with Crippen LogP contribution in [-0.2, 0) is 0 Å².